The predicted octanol–water partition coefficient (Wildman–Crippen LogP) is 4.04. The van der Waals surface area contributed by atoms with Gasteiger partial charge < -0.3 is 14.5 Å². The molecule has 0 unspecified atom stereocenters. The highest BCUT2D eigenvalue weighted by Gasteiger charge is 2.23. The number of benzene rings is 1. The van der Waals surface area contributed by atoms with Gasteiger partial charge in [-0.3, -0.25) is 4.79 Å². The molecule has 0 bridgehead atoms. The standard InChI is InChI=1S/C18H17N5OS2/c1-11(2)23(13-4-5-14-15(9-13)26-18(25)21-14)17(24)12(10-19)8-16-20-6-7-22(16)3/h4-9,11H,1-3H3,(H,21,25). The van der Waals surface area contributed by atoms with Crippen LogP contribution in [0.25, 0.3) is 16.3 Å². The molecule has 0 aliphatic heterocycles. The predicted molar refractivity (Wildman–Crippen MR) is 106 cm³/mol. The highest BCUT2D eigenvalue weighted by atomic mass is 32.1. The van der Waals surface area contributed by atoms with Crippen LogP contribution in [-0.4, -0.2) is 26.5 Å². The van der Waals surface area contributed by atoms with Crippen LogP contribution >= 0.6 is 23.6 Å². The first-order valence-corrected chi connectivity index (χ1v) is 9.18. The van der Waals surface area contributed by atoms with Crippen molar-refractivity contribution >= 4 is 51.4 Å². The lowest BCUT2D eigenvalue weighted by atomic mass is 10.1. The number of nitrogens with one attached hydrogen (secondary N) is 1. The smallest absolute Gasteiger partial charge is 0.269 e. The molecule has 0 spiro atoms. The molecule has 1 amide bonds. The maximum absolute atomic E-state index is 13.1. The van der Waals surface area contributed by atoms with Gasteiger partial charge in [-0.2, -0.15) is 5.26 Å². The number of thiazole rings is 1. The Bertz CT molecular complexity index is 1100. The van der Waals surface area contributed by atoms with Crippen molar-refractivity contribution in [1.29, 1.82) is 5.26 Å². The molecule has 0 atom stereocenters. The largest absolute Gasteiger partial charge is 0.337 e. The van der Waals surface area contributed by atoms with Crippen molar-refractivity contribution in [1.82, 2.24) is 14.5 Å². The molecule has 0 radical (unpaired) electrons. The Kier molecular flexibility index (Phi) is 5.02. The van der Waals surface area contributed by atoms with Crippen molar-refractivity contribution in [3.8, 4) is 6.07 Å². The van der Waals surface area contributed by atoms with E-state index in [0.29, 0.717) is 9.78 Å². The van der Waals surface area contributed by atoms with Gasteiger partial charge in [-0.05, 0) is 44.3 Å². The summed E-state index contributed by atoms with van der Waals surface area (Å²) in [6.07, 6.45) is 4.90. The molecular formula is C18H17N5OS2. The van der Waals surface area contributed by atoms with Crippen LogP contribution in [0.2, 0.25) is 0 Å². The van der Waals surface area contributed by atoms with Gasteiger partial charge in [0, 0.05) is 37.2 Å². The molecule has 3 rings (SSSR count). The van der Waals surface area contributed by atoms with Gasteiger partial charge in [0.2, 0.25) is 0 Å². The van der Waals surface area contributed by atoms with Crippen molar-refractivity contribution in [2.75, 3.05) is 4.90 Å². The normalized spacial score (nSPS) is 11.7. The van der Waals surface area contributed by atoms with Gasteiger partial charge in [0.1, 0.15) is 17.5 Å². The number of nitriles is 1. The van der Waals surface area contributed by atoms with Gasteiger partial charge in [-0.25, -0.2) is 4.98 Å². The van der Waals surface area contributed by atoms with E-state index in [9.17, 15) is 10.1 Å². The summed E-state index contributed by atoms with van der Waals surface area (Å²) in [6, 6.07) is 7.56. The zero-order valence-electron chi connectivity index (χ0n) is 14.6. The summed E-state index contributed by atoms with van der Waals surface area (Å²) in [5.41, 5.74) is 1.70. The number of anilines is 1. The number of H-pyrrole nitrogens is 1. The molecule has 2 aromatic heterocycles. The van der Waals surface area contributed by atoms with E-state index in [0.717, 1.165) is 15.9 Å². The minimum absolute atomic E-state index is 0.0368. The van der Waals surface area contributed by atoms with Crippen LogP contribution in [0.15, 0.2) is 36.2 Å². The Balaban J connectivity index is 2.04. The van der Waals surface area contributed by atoms with Crippen molar-refractivity contribution in [3.63, 3.8) is 0 Å². The van der Waals surface area contributed by atoms with E-state index >= 15 is 0 Å². The summed E-state index contributed by atoms with van der Waals surface area (Å²) < 4.78 is 3.41. The van der Waals surface area contributed by atoms with Gasteiger partial charge in [0.25, 0.3) is 5.91 Å². The zero-order valence-corrected chi connectivity index (χ0v) is 16.2. The molecule has 26 heavy (non-hydrogen) atoms. The van der Waals surface area contributed by atoms with Gasteiger partial charge in [-0.1, -0.05) is 0 Å². The minimum Gasteiger partial charge on any atom is -0.337 e. The number of amides is 1. The van der Waals surface area contributed by atoms with Gasteiger partial charge >= 0.3 is 0 Å². The number of carbonyl (C=O) groups is 1. The van der Waals surface area contributed by atoms with Crippen molar-refractivity contribution in [3.05, 3.63) is 45.9 Å². The molecular weight excluding hydrogens is 366 g/mol. The summed E-state index contributed by atoms with van der Waals surface area (Å²) in [5.74, 6) is 0.196. The monoisotopic (exact) mass is 383 g/mol. The first kappa shape index (κ1) is 18.0. The number of aryl methyl sites for hydroxylation is 1. The number of hydrogen-bond donors (Lipinski definition) is 1. The molecule has 0 aliphatic rings. The van der Waals surface area contributed by atoms with Gasteiger partial charge in [-0.15, -0.1) is 11.3 Å². The van der Waals surface area contributed by atoms with Crippen molar-refractivity contribution in [2.24, 2.45) is 7.05 Å². The molecule has 3 aromatic rings. The fourth-order valence-corrected chi connectivity index (χ4v) is 3.80. The third kappa shape index (κ3) is 3.45. The average Bonchev–Trinajstić information content (AvgIpc) is 3.16. The number of aromatic amines is 1. The fraction of sp³-hybridized carbons (Fsp3) is 0.222. The molecule has 0 fully saturated rings. The number of aromatic nitrogens is 3. The molecule has 1 aromatic carbocycles. The molecule has 6 nitrogen and oxygen atoms in total. The SMILES string of the molecule is CC(C)N(C(=O)C(C#N)=Cc1nccn1C)c1ccc2[nH]c(=S)sc2c1. The van der Waals surface area contributed by atoms with Crippen LogP contribution in [-0.2, 0) is 11.8 Å². The van der Waals surface area contributed by atoms with Gasteiger partial charge in [0.05, 0.1) is 10.2 Å². The van der Waals surface area contributed by atoms with E-state index in [1.807, 2.05) is 45.2 Å². The van der Waals surface area contributed by atoms with E-state index in [4.69, 9.17) is 12.2 Å². The summed E-state index contributed by atoms with van der Waals surface area (Å²) in [6.45, 7) is 3.83. The van der Waals surface area contributed by atoms with Crippen molar-refractivity contribution in [2.45, 2.75) is 19.9 Å². The summed E-state index contributed by atoms with van der Waals surface area (Å²) in [7, 11) is 1.81. The number of nitrogens with zero attached hydrogens (tertiary/aromatic N) is 4. The van der Waals surface area contributed by atoms with Crippen LogP contribution in [0.5, 0.6) is 0 Å². The molecule has 8 heteroatoms. The summed E-state index contributed by atoms with van der Waals surface area (Å²) in [5, 5.41) is 9.52. The fourth-order valence-electron chi connectivity index (χ4n) is 2.65. The molecule has 2 heterocycles. The minimum atomic E-state index is -0.357. The molecule has 0 saturated carbocycles. The van der Waals surface area contributed by atoms with E-state index in [1.165, 1.54) is 17.4 Å². The highest BCUT2D eigenvalue weighted by molar-refractivity contribution is 7.73. The number of rotatable bonds is 4. The molecule has 0 saturated heterocycles. The molecule has 0 aliphatic carbocycles. The second-order valence-corrected chi connectivity index (χ2v) is 7.75. The quantitative estimate of drug-likeness (QED) is 0.419. The maximum Gasteiger partial charge on any atom is 0.269 e. The van der Waals surface area contributed by atoms with Crippen LogP contribution in [0, 0.1) is 15.3 Å². The topological polar surface area (TPSA) is 77.7 Å². The average molecular weight is 384 g/mol. The lowest BCUT2D eigenvalue weighted by Crippen LogP contribution is -2.37. The third-order valence-electron chi connectivity index (χ3n) is 3.90. The van der Waals surface area contributed by atoms with Gasteiger partial charge in [0.15, 0.2) is 3.95 Å². The molecule has 1 N–H and O–H groups in total. The van der Waals surface area contributed by atoms with Crippen LogP contribution in [0.1, 0.15) is 19.7 Å². The molecule has 132 valence electrons. The Hall–Kier alpha value is -2.76. The first-order chi connectivity index (χ1) is 12.4. The maximum atomic E-state index is 13.1. The van der Waals surface area contributed by atoms with E-state index in [1.54, 1.807) is 21.9 Å². The summed E-state index contributed by atoms with van der Waals surface area (Å²) >= 11 is 6.64. The highest BCUT2D eigenvalue weighted by Crippen LogP contribution is 2.27. The Morgan fingerprint density at radius 1 is 1.50 bits per heavy atom. The lowest BCUT2D eigenvalue weighted by Gasteiger charge is -2.26. The number of imidazole rings is 1. The second kappa shape index (κ2) is 7.23. The Labute approximate surface area is 160 Å². The summed E-state index contributed by atoms with van der Waals surface area (Å²) in [4.78, 5) is 21.9. The van der Waals surface area contributed by atoms with E-state index < -0.39 is 0 Å². The van der Waals surface area contributed by atoms with Crippen LogP contribution in [0.4, 0.5) is 5.69 Å². The number of fused-ring (bicyclic) bond motifs is 1. The third-order valence-corrected chi connectivity index (χ3v) is 5.10. The Morgan fingerprint density at radius 3 is 2.88 bits per heavy atom. The van der Waals surface area contributed by atoms with E-state index in [2.05, 4.69) is 9.97 Å². The number of carbonyl (C=O) groups excluding carboxylic acids is 1. The van der Waals surface area contributed by atoms with Crippen LogP contribution in [0.3, 0.4) is 0 Å². The second-order valence-electron chi connectivity index (χ2n) is 6.03. The van der Waals surface area contributed by atoms with Crippen LogP contribution < -0.4 is 4.90 Å². The lowest BCUT2D eigenvalue weighted by molar-refractivity contribution is -0.115. The van der Waals surface area contributed by atoms with E-state index in [-0.39, 0.29) is 17.5 Å². The Morgan fingerprint density at radius 2 is 2.27 bits per heavy atom. The number of hydrogen-bond acceptors (Lipinski definition) is 5. The zero-order chi connectivity index (χ0) is 18.8. The first-order valence-electron chi connectivity index (χ1n) is 7.96. The van der Waals surface area contributed by atoms with Crippen molar-refractivity contribution < 1.29 is 4.79 Å².